The highest BCUT2D eigenvalue weighted by atomic mass is 16.5. The Labute approximate surface area is 239 Å². The van der Waals surface area contributed by atoms with Gasteiger partial charge in [0, 0.05) is 57.0 Å². The number of hydrogen-bond donors (Lipinski definition) is 1. The minimum absolute atomic E-state index is 0.106. The molecule has 9 heteroatoms. The first-order valence-electron chi connectivity index (χ1n) is 14.9. The lowest BCUT2D eigenvalue weighted by molar-refractivity contribution is -0.870. The summed E-state index contributed by atoms with van der Waals surface area (Å²) in [5, 5.41) is 14.8. The average molecular weight is 555 g/mol. The fraction of sp³-hybridized carbons (Fsp3) is 0.645. The highest BCUT2D eigenvalue weighted by Crippen LogP contribution is 2.41. The number of aryl methyl sites for hydroxylation is 1. The molecule has 9 nitrogen and oxygen atoms in total. The van der Waals surface area contributed by atoms with Crippen LogP contribution in [-0.4, -0.2) is 108 Å². The minimum atomic E-state index is -0.801. The number of rotatable bonds is 15. The zero-order valence-electron chi connectivity index (χ0n) is 24.8. The number of amides is 1. The van der Waals surface area contributed by atoms with Crippen LogP contribution in [0.4, 0.5) is 0 Å². The number of quaternary nitrogens is 1. The summed E-state index contributed by atoms with van der Waals surface area (Å²) in [4.78, 5) is 30.7. The Hall–Kier alpha value is -2.91. The molecule has 0 bridgehead atoms. The van der Waals surface area contributed by atoms with Crippen LogP contribution in [0.1, 0.15) is 56.1 Å². The number of fused-ring (bicyclic) bond motifs is 1. The molecule has 2 aliphatic heterocycles. The van der Waals surface area contributed by atoms with Gasteiger partial charge >= 0.3 is 5.97 Å². The van der Waals surface area contributed by atoms with E-state index in [0.717, 1.165) is 73.1 Å². The molecule has 4 rings (SSSR count). The second kappa shape index (κ2) is 13.6. The normalized spacial score (nSPS) is 20.9. The highest BCUT2D eigenvalue weighted by molar-refractivity contribution is 5.79. The lowest BCUT2D eigenvalue weighted by atomic mass is 9.83. The Morgan fingerprint density at radius 3 is 2.67 bits per heavy atom. The highest BCUT2D eigenvalue weighted by Gasteiger charge is 2.47. The molecule has 3 atom stereocenters. The van der Waals surface area contributed by atoms with Crippen LogP contribution >= 0.6 is 0 Å². The van der Waals surface area contributed by atoms with Gasteiger partial charge in [-0.15, -0.1) is 0 Å². The number of aliphatic carboxylic acids is 1. The molecule has 0 aliphatic carbocycles. The fourth-order valence-corrected chi connectivity index (χ4v) is 6.20. The quantitative estimate of drug-likeness (QED) is 0.268. The predicted octanol–water partition coefficient (Wildman–Crippen LogP) is 3.49. The van der Waals surface area contributed by atoms with Crippen LogP contribution < -0.4 is 4.74 Å². The zero-order chi connectivity index (χ0) is 28.7. The fourth-order valence-electron chi connectivity index (χ4n) is 6.20. The second-order valence-electron chi connectivity index (χ2n) is 12.4. The molecule has 2 aliphatic rings. The lowest BCUT2D eigenvalue weighted by Crippen LogP contribution is -2.45. The Kier molecular flexibility index (Phi) is 10.2. The molecule has 0 spiro atoms. The summed E-state index contributed by atoms with van der Waals surface area (Å²) >= 11 is 0. The van der Waals surface area contributed by atoms with E-state index in [1.165, 1.54) is 0 Å². The summed E-state index contributed by atoms with van der Waals surface area (Å²) in [5.74, 6) is -0.585. The van der Waals surface area contributed by atoms with Crippen LogP contribution in [0.3, 0.4) is 0 Å². The van der Waals surface area contributed by atoms with Crippen LogP contribution in [0.15, 0.2) is 36.7 Å². The van der Waals surface area contributed by atoms with E-state index < -0.39 is 11.9 Å². The maximum absolute atomic E-state index is 13.7. The van der Waals surface area contributed by atoms with E-state index in [0.29, 0.717) is 26.1 Å². The summed E-state index contributed by atoms with van der Waals surface area (Å²) in [6.45, 7) is 6.80. The number of nitrogens with zero attached hydrogens (tertiary/aromatic N) is 5. The third-order valence-corrected chi connectivity index (χ3v) is 8.37. The summed E-state index contributed by atoms with van der Waals surface area (Å²) < 4.78 is 8.46. The Bertz CT molecular complexity index is 1110. The number of likely N-dealkylation sites (tertiary alicyclic amines) is 1. The van der Waals surface area contributed by atoms with Crippen molar-refractivity contribution in [3.05, 3.63) is 47.8 Å². The molecule has 1 saturated heterocycles. The molecule has 1 amide bonds. The van der Waals surface area contributed by atoms with Crippen molar-refractivity contribution in [2.24, 2.45) is 5.92 Å². The lowest BCUT2D eigenvalue weighted by Gasteiger charge is -2.30. The van der Waals surface area contributed by atoms with Crippen molar-refractivity contribution in [2.75, 3.05) is 60.5 Å². The van der Waals surface area contributed by atoms with E-state index >= 15 is 0 Å². The Morgan fingerprint density at radius 1 is 1.18 bits per heavy atom. The molecule has 1 fully saturated rings. The number of aromatic nitrogens is 2. The van der Waals surface area contributed by atoms with E-state index in [-0.39, 0.29) is 24.4 Å². The van der Waals surface area contributed by atoms with Crippen molar-refractivity contribution in [3.63, 3.8) is 0 Å². The second-order valence-corrected chi connectivity index (χ2v) is 12.4. The van der Waals surface area contributed by atoms with E-state index in [4.69, 9.17) is 4.74 Å². The number of unbranched alkanes of at least 4 members (excludes halogenated alkanes) is 2. The van der Waals surface area contributed by atoms with Gasteiger partial charge in [-0.05, 0) is 48.9 Å². The van der Waals surface area contributed by atoms with Crippen LogP contribution in [0.25, 0.3) is 0 Å². The van der Waals surface area contributed by atoms with E-state index in [2.05, 4.69) is 44.1 Å². The smallest absolute Gasteiger partial charge is 0.308 e. The molecule has 0 saturated carbocycles. The Balaban J connectivity index is 1.52. The van der Waals surface area contributed by atoms with Crippen LogP contribution in [0.5, 0.6) is 5.75 Å². The van der Waals surface area contributed by atoms with Gasteiger partial charge in [0.1, 0.15) is 5.75 Å². The standard InChI is InChI=1S/C31H47N5O4/c1-5-6-15-33(16-7-8-19-36(2,3)4)29(37)23-34-22-26(24-10-11-28-25(21-24)13-20-40-28)30(31(38)39)27(34)12-18-35-17-9-14-32-35/h9-11,14,17,21,26-27,30H,5-8,12-13,15-16,18-20,22-23H2,1-4H3/p+1. The summed E-state index contributed by atoms with van der Waals surface area (Å²) in [6.07, 6.45) is 9.16. The van der Waals surface area contributed by atoms with Gasteiger partial charge in [-0.1, -0.05) is 25.5 Å². The zero-order valence-corrected chi connectivity index (χ0v) is 24.8. The van der Waals surface area contributed by atoms with Crippen LogP contribution in [0.2, 0.25) is 0 Å². The summed E-state index contributed by atoms with van der Waals surface area (Å²) in [5.41, 5.74) is 2.17. The van der Waals surface area contributed by atoms with Crippen molar-refractivity contribution < 1.29 is 23.9 Å². The molecular weight excluding hydrogens is 506 g/mol. The SMILES string of the molecule is CCCCN(CCCC[N+](C)(C)C)C(=O)CN1CC(c2ccc3c(c2)CCO3)C(C(=O)O)C1CCn1cccn1. The molecule has 40 heavy (non-hydrogen) atoms. The molecule has 2 aromatic rings. The number of carbonyl (C=O) groups excluding carboxylic acids is 1. The molecule has 1 N–H and O–H groups in total. The number of carboxylic acid groups (broad SMARTS) is 1. The molecule has 0 radical (unpaired) electrons. The summed E-state index contributed by atoms with van der Waals surface area (Å²) in [7, 11) is 6.58. The largest absolute Gasteiger partial charge is 0.493 e. The van der Waals surface area contributed by atoms with E-state index in [9.17, 15) is 14.7 Å². The maximum Gasteiger partial charge on any atom is 0.308 e. The minimum Gasteiger partial charge on any atom is -0.493 e. The van der Waals surface area contributed by atoms with Crippen LogP contribution in [-0.2, 0) is 22.6 Å². The van der Waals surface area contributed by atoms with Gasteiger partial charge in [0.15, 0.2) is 0 Å². The first-order valence-corrected chi connectivity index (χ1v) is 14.9. The monoisotopic (exact) mass is 554 g/mol. The van der Waals surface area contributed by atoms with Crippen LogP contribution in [0, 0.1) is 5.92 Å². The average Bonchev–Trinajstić information content (AvgIpc) is 3.66. The summed E-state index contributed by atoms with van der Waals surface area (Å²) in [6, 6.07) is 7.74. The van der Waals surface area contributed by atoms with Crippen molar-refractivity contribution in [2.45, 2.75) is 64.0 Å². The van der Waals surface area contributed by atoms with Crippen molar-refractivity contribution >= 4 is 11.9 Å². The molecule has 220 valence electrons. The Morgan fingerprint density at radius 2 is 1.98 bits per heavy atom. The number of ether oxygens (including phenoxy) is 1. The third-order valence-electron chi connectivity index (χ3n) is 8.37. The first-order chi connectivity index (χ1) is 19.2. The molecule has 3 heterocycles. The van der Waals surface area contributed by atoms with Crippen molar-refractivity contribution in [1.82, 2.24) is 19.6 Å². The molecule has 1 aromatic heterocycles. The molecule has 1 aromatic carbocycles. The predicted molar refractivity (Wildman–Crippen MR) is 155 cm³/mol. The number of carboxylic acids is 1. The van der Waals surface area contributed by atoms with Gasteiger partial charge in [-0.3, -0.25) is 19.2 Å². The van der Waals surface area contributed by atoms with Gasteiger partial charge in [0.2, 0.25) is 5.91 Å². The van der Waals surface area contributed by atoms with Gasteiger partial charge in [0.05, 0.1) is 46.8 Å². The van der Waals surface area contributed by atoms with Gasteiger partial charge in [0.25, 0.3) is 0 Å². The number of benzene rings is 1. The number of carbonyl (C=O) groups is 2. The maximum atomic E-state index is 13.7. The topological polar surface area (TPSA) is 87.9 Å². The van der Waals surface area contributed by atoms with Crippen molar-refractivity contribution in [3.8, 4) is 5.75 Å². The van der Waals surface area contributed by atoms with Gasteiger partial charge in [-0.25, -0.2) is 0 Å². The van der Waals surface area contributed by atoms with E-state index in [1.807, 2.05) is 34.0 Å². The van der Waals surface area contributed by atoms with Crippen molar-refractivity contribution in [1.29, 1.82) is 0 Å². The molecular formula is C31H48N5O4+. The van der Waals surface area contributed by atoms with Gasteiger partial charge in [-0.2, -0.15) is 5.10 Å². The molecule has 3 unspecified atom stereocenters. The number of hydrogen-bond acceptors (Lipinski definition) is 5. The third kappa shape index (κ3) is 7.85. The first kappa shape index (κ1) is 30.1. The van der Waals surface area contributed by atoms with Gasteiger partial charge < -0.3 is 19.2 Å². The van der Waals surface area contributed by atoms with E-state index in [1.54, 1.807) is 6.20 Å².